The first-order valence-electron chi connectivity index (χ1n) is 7.93. The molecule has 0 saturated heterocycles. The molecule has 0 aliphatic carbocycles. The molecule has 2 amide bonds. The molecule has 7 nitrogen and oxygen atoms in total. The van der Waals surface area contributed by atoms with Gasteiger partial charge in [0.15, 0.2) is 5.16 Å². The number of aryl methyl sites for hydroxylation is 1. The number of carbonyl (C=O) groups is 2. The number of amides is 2. The predicted octanol–water partition coefficient (Wildman–Crippen LogP) is 3.06. The summed E-state index contributed by atoms with van der Waals surface area (Å²) in [5.41, 5.74) is 7.83. The Morgan fingerprint density at radius 1 is 1.26 bits per heavy atom. The molecule has 1 heterocycles. The zero-order valence-corrected chi connectivity index (χ0v) is 15.9. The first kappa shape index (κ1) is 18.9. The van der Waals surface area contributed by atoms with E-state index in [9.17, 15) is 9.59 Å². The number of benzene rings is 2. The fraction of sp³-hybridized carbons (Fsp3) is 0.111. The molecular formula is C18H16ClN5O2S. The van der Waals surface area contributed by atoms with E-state index in [1.54, 1.807) is 48.1 Å². The fourth-order valence-electron chi connectivity index (χ4n) is 2.47. The minimum Gasteiger partial charge on any atom is -0.366 e. The van der Waals surface area contributed by atoms with E-state index < -0.39 is 5.91 Å². The number of halogens is 1. The Hall–Kier alpha value is -2.84. The summed E-state index contributed by atoms with van der Waals surface area (Å²) in [6.45, 7) is 1.76. The molecule has 0 aliphatic rings. The van der Waals surface area contributed by atoms with Crippen LogP contribution in [0.25, 0.3) is 5.69 Å². The Bertz CT molecular complexity index is 1000. The average molecular weight is 402 g/mol. The molecule has 138 valence electrons. The highest BCUT2D eigenvalue weighted by Gasteiger charge is 2.12. The number of aromatic nitrogens is 3. The van der Waals surface area contributed by atoms with E-state index in [0.717, 1.165) is 5.69 Å². The summed E-state index contributed by atoms with van der Waals surface area (Å²) in [6.07, 6.45) is 1.57. The molecule has 0 unspecified atom stereocenters. The van der Waals surface area contributed by atoms with Crippen molar-refractivity contribution < 1.29 is 9.59 Å². The molecule has 1 aromatic heterocycles. The van der Waals surface area contributed by atoms with Crippen LogP contribution < -0.4 is 11.1 Å². The number of nitrogens with zero attached hydrogens (tertiary/aromatic N) is 3. The smallest absolute Gasteiger partial charge is 0.248 e. The zero-order valence-electron chi connectivity index (χ0n) is 14.3. The van der Waals surface area contributed by atoms with Gasteiger partial charge >= 0.3 is 0 Å². The summed E-state index contributed by atoms with van der Waals surface area (Å²) in [6, 6.07) is 12.2. The molecule has 2 aromatic carbocycles. The highest BCUT2D eigenvalue weighted by Crippen LogP contribution is 2.22. The van der Waals surface area contributed by atoms with Crippen LogP contribution in [0.4, 0.5) is 5.69 Å². The number of hydrogen-bond donors (Lipinski definition) is 2. The van der Waals surface area contributed by atoms with Crippen molar-refractivity contribution >= 4 is 40.9 Å². The molecule has 0 aliphatic heterocycles. The number of rotatable bonds is 6. The van der Waals surface area contributed by atoms with E-state index in [0.29, 0.717) is 27.0 Å². The molecule has 3 N–H and O–H groups in total. The van der Waals surface area contributed by atoms with Gasteiger partial charge in [-0.1, -0.05) is 29.4 Å². The molecular weight excluding hydrogens is 386 g/mol. The van der Waals surface area contributed by atoms with Gasteiger partial charge in [0.25, 0.3) is 0 Å². The van der Waals surface area contributed by atoms with Gasteiger partial charge in [-0.05, 0) is 48.9 Å². The minimum atomic E-state index is -0.499. The number of thioether (sulfide) groups is 1. The van der Waals surface area contributed by atoms with E-state index >= 15 is 0 Å². The van der Waals surface area contributed by atoms with Crippen LogP contribution >= 0.6 is 23.4 Å². The lowest BCUT2D eigenvalue weighted by Gasteiger charge is -2.09. The SMILES string of the molecule is Cc1cc(NC(=O)CSc2nncn2-c2cccc(Cl)c2)ccc1C(N)=O. The monoisotopic (exact) mass is 401 g/mol. The van der Waals surface area contributed by atoms with Crippen LogP contribution in [0.5, 0.6) is 0 Å². The summed E-state index contributed by atoms with van der Waals surface area (Å²) >= 11 is 7.28. The van der Waals surface area contributed by atoms with Crippen LogP contribution in [0, 0.1) is 6.92 Å². The minimum absolute atomic E-state index is 0.149. The van der Waals surface area contributed by atoms with E-state index in [1.807, 2.05) is 12.1 Å². The molecule has 0 atom stereocenters. The van der Waals surface area contributed by atoms with Gasteiger partial charge in [0.05, 0.1) is 11.4 Å². The maximum absolute atomic E-state index is 12.2. The summed E-state index contributed by atoms with van der Waals surface area (Å²) in [4.78, 5) is 23.5. The first-order valence-corrected chi connectivity index (χ1v) is 9.29. The third-order valence-electron chi connectivity index (χ3n) is 3.71. The average Bonchev–Trinajstić information content (AvgIpc) is 3.08. The van der Waals surface area contributed by atoms with E-state index in [-0.39, 0.29) is 11.7 Å². The van der Waals surface area contributed by atoms with Crippen molar-refractivity contribution in [3.8, 4) is 5.69 Å². The van der Waals surface area contributed by atoms with Crippen molar-refractivity contribution in [1.82, 2.24) is 14.8 Å². The predicted molar refractivity (Wildman–Crippen MR) is 105 cm³/mol. The van der Waals surface area contributed by atoms with Gasteiger partial charge in [0, 0.05) is 16.3 Å². The van der Waals surface area contributed by atoms with Crippen LogP contribution in [0.15, 0.2) is 53.9 Å². The highest BCUT2D eigenvalue weighted by molar-refractivity contribution is 7.99. The first-order chi connectivity index (χ1) is 12.9. The van der Waals surface area contributed by atoms with Crippen LogP contribution in [0.3, 0.4) is 0 Å². The number of nitrogens with two attached hydrogens (primary N) is 1. The molecule has 27 heavy (non-hydrogen) atoms. The Kier molecular flexibility index (Phi) is 5.78. The van der Waals surface area contributed by atoms with Crippen molar-refractivity contribution in [3.05, 3.63) is 64.9 Å². The topological polar surface area (TPSA) is 103 Å². The molecule has 3 aromatic rings. The van der Waals surface area contributed by atoms with Crippen molar-refractivity contribution in [2.45, 2.75) is 12.1 Å². The lowest BCUT2D eigenvalue weighted by molar-refractivity contribution is -0.113. The number of primary amides is 1. The number of nitrogens with one attached hydrogen (secondary N) is 1. The molecule has 0 spiro atoms. The van der Waals surface area contributed by atoms with Gasteiger partial charge in [0.1, 0.15) is 6.33 Å². The summed E-state index contributed by atoms with van der Waals surface area (Å²) in [5, 5.41) is 11.9. The van der Waals surface area contributed by atoms with Gasteiger partial charge in [-0.3, -0.25) is 14.2 Å². The van der Waals surface area contributed by atoms with Crippen molar-refractivity contribution in [3.63, 3.8) is 0 Å². The molecule has 3 rings (SSSR count). The normalized spacial score (nSPS) is 10.6. The third-order valence-corrected chi connectivity index (χ3v) is 4.89. The third kappa shape index (κ3) is 4.66. The molecule has 0 fully saturated rings. The second-order valence-corrected chi connectivity index (χ2v) is 7.07. The van der Waals surface area contributed by atoms with E-state index in [2.05, 4.69) is 15.5 Å². The largest absolute Gasteiger partial charge is 0.366 e. The summed E-state index contributed by atoms with van der Waals surface area (Å²) in [7, 11) is 0. The number of hydrogen-bond acceptors (Lipinski definition) is 5. The van der Waals surface area contributed by atoms with E-state index in [1.165, 1.54) is 11.8 Å². The Balaban J connectivity index is 1.64. The highest BCUT2D eigenvalue weighted by atomic mass is 35.5. The standard InChI is InChI=1S/C18H16ClN5O2S/c1-11-7-13(5-6-15(11)17(20)26)22-16(25)9-27-18-23-21-10-24(18)14-4-2-3-12(19)8-14/h2-8,10H,9H2,1H3,(H2,20,26)(H,22,25). The Morgan fingerprint density at radius 2 is 2.07 bits per heavy atom. The quantitative estimate of drug-likeness (QED) is 0.618. The van der Waals surface area contributed by atoms with Crippen LogP contribution in [-0.4, -0.2) is 32.3 Å². The van der Waals surface area contributed by atoms with Gasteiger partial charge in [-0.15, -0.1) is 10.2 Å². The fourth-order valence-corrected chi connectivity index (χ4v) is 3.38. The van der Waals surface area contributed by atoms with Gasteiger partial charge in [0.2, 0.25) is 11.8 Å². The lowest BCUT2D eigenvalue weighted by Crippen LogP contribution is -2.16. The lowest BCUT2D eigenvalue weighted by atomic mass is 10.1. The number of carbonyl (C=O) groups excluding carboxylic acids is 2. The Labute approximate surface area is 164 Å². The van der Waals surface area contributed by atoms with Crippen molar-refractivity contribution in [2.75, 3.05) is 11.1 Å². The summed E-state index contributed by atoms with van der Waals surface area (Å²) in [5.74, 6) is -0.552. The molecule has 0 bridgehead atoms. The maximum atomic E-state index is 12.2. The van der Waals surface area contributed by atoms with E-state index in [4.69, 9.17) is 17.3 Å². The maximum Gasteiger partial charge on any atom is 0.248 e. The zero-order chi connectivity index (χ0) is 19.4. The second kappa shape index (κ2) is 8.24. The summed E-state index contributed by atoms with van der Waals surface area (Å²) < 4.78 is 1.76. The van der Waals surface area contributed by atoms with Gasteiger partial charge in [-0.25, -0.2) is 0 Å². The van der Waals surface area contributed by atoms with Crippen LogP contribution in [0.2, 0.25) is 5.02 Å². The molecule has 0 saturated carbocycles. The van der Waals surface area contributed by atoms with Crippen LogP contribution in [0.1, 0.15) is 15.9 Å². The van der Waals surface area contributed by atoms with Gasteiger partial charge < -0.3 is 11.1 Å². The van der Waals surface area contributed by atoms with Crippen molar-refractivity contribution in [2.24, 2.45) is 5.73 Å². The van der Waals surface area contributed by atoms with Crippen molar-refractivity contribution in [1.29, 1.82) is 0 Å². The van der Waals surface area contributed by atoms with Crippen LogP contribution in [-0.2, 0) is 4.79 Å². The van der Waals surface area contributed by atoms with Gasteiger partial charge in [-0.2, -0.15) is 0 Å². The molecule has 9 heteroatoms. The number of anilines is 1. The Morgan fingerprint density at radius 3 is 2.78 bits per heavy atom. The second-order valence-electron chi connectivity index (χ2n) is 5.69. The molecule has 0 radical (unpaired) electrons.